The van der Waals surface area contributed by atoms with Crippen LogP contribution in [-0.2, 0) is 76.8 Å². The van der Waals surface area contributed by atoms with E-state index in [2.05, 4.69) is 52.8 Å². The van der Waals surface area contributed by atoms with E-state index in [1.165, 1.54) is 36.0 Å². The van der Waals surface area contributed by atoms with Crippen LogP contribution in [0.4, 0.5) is 0 Å². The van der Waals surface area contributed by atoms with Crippen LogP contribution in [0.1, 0.15) is 48.8 Å². The van der Waals surface area contributed by atoms with Crippen molar-refractivity contribution in [3.05, 3.63) is 102 Å². The van der Waals surface area contributed by atoms with Gasteiger partial charge in [0.2, 0.25) is 53.2 Å². The van der Waals surface area contributed by atoms with Gasteiger partial charge in [0, 0.05) is 25.8 Å². The molecule has 0 unspecified atom stereocenters. The number of phenolic OH excluding ortho intramolecular Hbond substituents is 1. The fourth-order valence-corrected chi connectivity index (χ4v) is 8.52. The smallest absolute Gasteiger partial charge is 0.328 e. The van der Waals surface area contributed by atoms with E-state index in [0.717, 1.165) is 0 Å². The first-order valence-corrected chi connectivity index (χ1v) is 28.0. The van der Waals surface area contributed by atoms with Crippen LogP contribution in [0, 0.1) is 0 Å². The van der Waals surface area contributed by atoms with Gasteiger partial charge < -0.3 is 95.7 Å². The maximum absolute atomic E-state index is 14.4. The van der Waals surface area contributed by atoms with Crippen LogP contribution in [0.5, 0.6) is 5.75 Å². The summed E-state index contributed by atoms with van der Waals surface area (Å²) in [5.41, 5.74) is 17.7. The number of nitrogens with zero attached hydrogens (tertiary/aromatic N) is 1. The second kappa shape index (κ2) is 37.0. The zero-order valence-corrected chi connectivity index (χ0v) is 47.5. The predicted molar refractivity (Wildman–Crippen MR) is 308 cm³/mol. The minimum absolute atomic E-state index is 0.0511. The Morgan fingerprint density at radius 1 is 0.465 bits per heavy atom. The van der Waals surface area contributed by atoms with Crippen molar-refractivity contribution in [2.45, 2.75) is 106 Å². The summed E-state index contributed by atoms with van der Waals surface area (Å²) in [5, 5.41) is 80.0. The number of nitrogens with one attached hydrogen (secondary N) is 9. The molecule has 32 heteroatoms. The number of amides is 9. The molecule has 0 heterocycles. The standard InChI is InChI=1S/C54H73N13O18S/c1-86-20-18-34(46(77)67-41(28-69)53(84)85)61-50(81)38(24-43(72)73)65-48(79)37(23-31-14-16-32(70)17-15-31)62-45(76)33(13-8-19-58-54(56)57)60-52(83)40(27-68)66-49(80)36(22-30-11-6-3-7-12-30)63-51(82)39(25-44(74)75)64-47(78)35(59-42(71)26-55)21-29-9-4-2-5-10-29/h2-7,9-12,14-17,33-41,68-70H,8,13,18-28,55H2,1H3,(H,59,71)(H,60,83)(H,61,81)(H,62,76)(H,63,82)(H,64,78)(H,65,79)(H,66,80)(H,67,77)(H,72,73)(H,74,75)(H,84,85)(H4,56,57,58)/t33-,34-,35-,36-,37-,38-,39-,40-,41-/m0/s1. The van der Waals surface area contributed by atoms with Gasteiger partial charge in [-0.2, -0.15) is 11.8 Å². The molecule has 3 aromatic rings. The Hall–Kier alpha value is -9.40. The van der Waals surface area contributed by atoms with Gasteiger partial charge in [-0.05, 0) is 60.1 Å². The molecule has 0 radical (unpaired) electrons. The minimum atomic E-state index is -1.97. The van der Waals surface area contributed by atoms with E-state index in [4.69, 9.17) is 17.2 Å². The summed E-state index contributed by atoms with van der Waals surface area (Å²) in [4.78, 5) is 164. The van der Waals surface area contributed by atoms with Crippen LogP contribution < -0.4 is 65.1 Å². The average Bonchev–Trinajstić information content (AvgIpc) is 3.68. The van der Waals surface area contributed by atoms with Gasteiger partial charge in [-0.3, -0.25) is 57.7 Å². The molecular formula is C54H73N13O18S. The maximum atomic E-state index is 14.4. The van der Waals surface area contributed by atoms with Gasteiger partial charge in [-0.25, -0.2) is 4.79 Å². The van der Waals surface area contributed by atoms with Gasteiger partial charge in [0.1, 0.15) is 60.1 Å². The molecular weight excluding hydrogens is 1150 g/mol. The van der Waals surface area contributed by atoms with E-state index in [1.54, 1.807) is 66.9 Å². The summed E-state index contributed by atoms with van der Waals surface area (Å²) in [5.74, 6) is -15.0. The number of nitrogens with two attached hydrogens (primary N) is 3. The summed E-state index contributed by atoms with van der Waals surface area (Å²) in [6, 6.07) is 6.07. The van der Waals surface area contributed by atoms with E-state index in [9.17, 15) is 88.2 Å². The van der Waals surface area contributed by atoms with Crippen molar-refractivity contribution in [1.29, 1.82) is 0 Å². The largest absolute Gasteiger partial charge is 0.508 e. The third-order valence-corrected chi connectivity index (χ3v) is 13.1. The summed E-state index contributed by atoms with van der Waals surface area (Å²) >= 11 is 1.23. The molecule has 3 aromatic carbocycles. The molecule has 0 aliphatic heterocycles. The van der Waals surface area contributed by atoms with Crippen molar-refractivity contribution in [3.8, 4) is 5.75 Å². The number of aliphatic hydroxyl groups excluding tert-OH is 2. The molecule has 468 valence electrons. The highest BCUT2D eigenvalue weighted by molar-refractivity contribution is 7.98. The maximum Gasteiger partial charge on any atom is 0.328 e. The van der Waals surface area contributed by atoms with Crippen LogP contribution in [-0.4, -0.2) is 200 Å². The van der Waals surface area contributed by atoms with Crippen molar-refractivity contribution in [3.63, 3.8) is 0 Å². The Bertz CT molecular complexity index is 2830. The van der Waals surface area contributed by atoms with Gasteiger partial charge in [-0.15, -0.1) is 0 Å². The van der Waals surface area contributed by atoms with E-state index < -0.39 is 164 Å². The molecule has 0 aromatic heterocycles. The van der Waals surface area contributed by atoms with E-state index in [-0.39, 0.29) is 61.7 Å². The number of hydrogen-bond donors (Lipinski definition) is 18. The lowest BCUT2D eigenvalue weighted by molar-refractivity contribution is -0.144. The number of aliphatic carboxylic acids is 3. The van der Waals surface area contributed by atoms with Gasteiger partial charge in [0.05, 0.1) is 32.6 Å². The minimum Gasteiger partial charge on any atom is -0.508 e. The Labute approximate surface area is 496 Å². The summed E-state index contributed by atoms with van der Waals surface area (Å²) in [7, 11) is 0. The first-order chi connectivity index (χ1) is 40.9. The topological polar surface area (TPSA) is 525 Å². The van der Waals surface area contributed by atoms with Crippen molar-refractivity contribution in [2.24, 2.45) is 22.2 Å². The third-order valence-electron chi connectivity index (χ3n) is 12.5. The zero-order valence-electron chi connectivity index (χ0n) is 46.6. The number of aromatic hydroxyl groups is 1. The number of carbonyl (C=O) groups excluding carboxylic acids is 9. The highest BCUT2D eigenvalue weighted by Crippen LogP contribution is 2.14. The van der Waals surface area contributed by atoms with E-state index in [1.807, 2.05) is 0 Å². The van der Waals surface area contributed by atoms with Gasteiger partial charge in [-0.1, -0.05) is 72.8 Å². The first kappa shape index (κ1) is 70.9. The quantitative estimate of drug-likeness (QED) is 0.0145. The molecule has 0 saturated carbocycles. The first-order valence-electron chi connectivity index (χ1n) is 26.6. The van der Waals surface area contributed by atoms with Crippen molar-refractivity contribution in [1.82, 2.24) is 47.9 Å². The SMILES string of the molecule is CSCC[C@H](NC(=O)[C@H](CC(=O)O)NC(=O)[C@H](Cc1ccc(O)cc1)NC(=O)[C@H](CCCN=C(N)N)NC(=O)[C@H](CO)NC(=O)[C@H](Cc1ccccc1)NC(=O)[C@H](CC(=O)O)NC(=O)[C@H](Cc1ccccc1)NC(=O)CN)C(=O)N[C@@H](CO)C(=O)O. The Kier molecular flexibility index (Phi) is 30.5. The number of carboxylic acids is 3. The Morgan fingerprint density at radius 2 is 0.814 bits per heavy atom. The fraction of sp³-hybridized carbons (Fsp3) is 0.426. The van der Waals surface area contributed by atoms with E-state index >= 15 is 0 Å². The molecule has 0 aliphatic carbocycles. The molecule has 86 heavy (non-hydrogen) atoms. The lowest BCUT2D eigenvalue weighted by atomic mass is 10.0. The molecule has 0 fully saturated rings. The van der Waals surface area contributed by atoms with Crippen molar-refractivity contribution < 1.29 is 88.2 Å². The third kappa shape index (κ3) is 25.6. The predicted octanol–water partition coefficient (Wildman–Crippen LogP) is -5.43. The normalized spacial score (nSPS) is 14.0. The highest BCUT2D eigenvalue weighted by atomic mass is 32.2. The van der Waals surface area contributed by atoms with Crippen LogP contribution >= 0.6 is 11.8 Å². The number of thioether (sulfide) groups is 1. The summed E-state index contributed by atoms with van der Waals surface area (Å²) in [6.07, 6.45) is -1.81. The number of hydrogen-bond acceptors (Lipinski definition) is 18. The molecule has 9 atom stereocenters. The number of benzene rings is 3. The number of phenols is 1. The van der Waals surface area contributed by atoms with E-state index in [0.29, 0.717) is 11.1 Å². The lowest BCUT2D eigenvalue weighted by Gasteiger charge is -2.28. The molecule has 0 bridgehead atoms. The van der Waals surface area contributed by atoms with Gasteiger partial charge in [0.25, 0.3) is 0 Å². The molecule has 0 aliphatic rings. The monoisotopic (exact) mass is 1220 g/mol. The molecule has 0 spiro atoms. The Morgan fingerprint density at radius 3 is 1.21 bits per heavy atom. The van der Waals surface area contributed by atoms with Crippen LogP contribution in [0.3, 0.4) is 0 Å². The van der Waals surface area contributed by atoms with Crippen LogP contribution in [0.2, 0.25) is 0 Å². The summed E-state index contributed by atoms with van der Waals surface area (Å²) < 4.78 is 0. The molecule has 9 amide bonds. The van der Waals surface area contributed by atoms with Gasteiger partial charge in [0.15, 0.2) is 5.96 Å². The fourth-order valence-electron chi connectivity index (χ4n) is 8.05. The number of rotatable bonds is 38. The second-order valence-electron chi connectivity index (χ2n) is 19.2. The number of carboxylic acid groups (broad SMARTS) is 3. The lowest BCUT2D eigenvalue weighted by Crippen LogP contribution is -2.61. The average molecular weight is 1220 g/mol. The van der Waals surface area contributed by atoms with Gasteiger partial charge >= 0.3 is 17.9 Å². The van der Waals surface area contributed by atoms with Crippen LogP contribution in [0.15, 0.2) is 89.9 Å². The second-order valence-corrected chi connectivity index (χ2v) is 20.2. The zero-order chi connectivity index (χ0) is 63.9. The molecule has 21 N–H and O–H groups in total. The van der Waals surface area contributed by atoms with Crippen molar-refractivity contribution in [2.75, 3.05) is 38.3 Å². The highest BCUT2D eigenvalue weighted by Gasteiger charge is 2.36. The Balaban J connectivity index is 1.98. The number of guanidine groups is 1. The van der Waals surface area contributed by atoms with Crippen LogP contribution in [0.25, 0.3) is 0 Å². The number of aliphatic hydroxyl groups is 2. The number of aliphatic imine (C=N–C) groups is 1. The summed E-state index contributed by atoms with van der Waals surface area (Å²) in [6.45, 7) is -2.81. The molecule has 0 saturated heterocycles. The number of carbonyl (C=O) groups is 12. The van der Waals surface area contributed by atoms with Crippen molar-refractivity contribution >= 4 is 88.8 Å². The molecule has 31 nitrogen and oxygen atoms in total. The molecule has 3 rings (SSSR count).